The van der Waals surface area contributed by atoms with Crippen LogP contribution in [0.1, 0.15) is 245 Å². The molecule has 0 aromatic heterocycles. The van der Waals surface area contributed by atoms with Gasteiger partial charge in [-0.1, -0.05) is 191 Å². The Morgan fingerprint density at radius 2 is 0.971 bits per heavy atom. The van der Waals surface area contributed by atoms with Crippen molar-refractivity contribution in [2.75, 3.05) is 19.8 Å². The van der Waals surface area contributed by atoms with E-state index in [9.17, 15) is 35.1 Å². The van der Waals surface area contributed by atoms with E-state index in [4.69, 9.17) is 14.2 Å². The predicted molar refractivity (Wildman–Crippen MR) is 283 cm³/mol. The number of ether oxygens (including phenoxy) is 3. The number of amides is 1. The molecule has 0 aromatic carbocycles. The summed E-state index contributed by atoms with van der Waals surface area (Å²) in [6.07, 6.45) is 49.2. The Kier molecular flexibility index (Phi) is 44.9. The smallest absolute Gasteiger partial charge is 0.305 e. The van der Waals surface area contributed by atoms with Gasteiger partial charge >= 0.3 is 5.97 Å². The highest BCUT2D eigenvalue weighted by atomic mass is 16.7. The molecule has 11 heteroatoms. The van der Waals surface area contributed by atoms with Gasteiger partial charge in [-0.3, -0.25) is 9.59 Å². The van der Waals surface area contributed by atoms with Gasteiger partial charge in [0.15, 0.2) is 6.29 Å². The van der Waals surface area contributed by atoms with Crippen LogP contribution in [0.15, 0.2) is 48.6 Å². The second kappa shape index (κ2) is 47.9. The SMILES string of the molecule is CCCCCC/C=C\C/C=C\CCCCCCCC(=O)OCCCCCCCCC/C=C\CCCCCCCC(=O)NC(COC1OC(CO)C(O)C(O)C1O)C(O)/C=C/CCCCCCCCC. The second-order valence-corrected chi connectivity index (χ2v) is 19.6. The van der Waals surface area contributed by atoms with E-state index in [0.29, 0.717) is 19.4 Å². The van der Waals surface area contributed by atoms with E-state index in [1.807, 2.05) is 6.08 Å². The molecule has 7 unspecified atom stereocenters. The number of hydrogen-bond donors (Lipinski definition) is 6. The summed E-state index contributed by atoms with van der Waals surface area (Å²) in [4.78, 5) is 25.0. The first kappa shape index (κ1) is 64.6. The van der Waals surface area contributed by atoms with Crippen molar-refractivity contribution < 1.29 is 49.3 Å². The molecule has 0 saturated carbocycles. The summed E-state index contributed by atoms with van der Waals surface area (Å²) in [6.45, 7) is 4.24. The van der Waals surface area contributed by atoms with E-state index >= 15 is 0 Å². The number of carbonyl (C=O) groups excluding carboxylic acids is 2. The number of aliphatic hydroxyl groups is 5. The molecule has 6 N–H and O–H groups in total. The summed E-state index contributed by atoms with van der Waals surface area (Å²) < 4.78 is 16.6. The lowest BCUT2D eigenvalue weighted by molar-refractivity contribution is -0.302. The van der Waals surface area contributed by atoms with Crippen LogP contribution in [0.2, 0.25) is 0 Å². The van der Waals surface area contributed by atoms with E-state index in [0.717, 1.165) is 103 Å². The maximum absolute atomic E-state index is 13.0. The van der Waals surface area contributed by atoms with Crippen LogP contribution >= 0.6 is 0 Å². The predicted octanol–water partition coefficient (Wildman–Crippen LogP) is 12.5. The summed E-state index contributed by atoms with van der Waals surface area (Å²) in [5.41, 5.74) is 0. The van der Waals surface area contributed by atoms with Crippen molar-refractivity contribution in [3.8, 4) is 0 Å². The first-order valence-corrected chi connectivity index (χ1v) is 28.4. The van der Waals surface area contributed by atoms with Gasteiger partial charge in [-0.05, 0) is 89.9 Å². The molecule has 1 aliphatic heterocycles. The molecule has 1 amide bonds. The number of aliphatic hydroxyl groups excluding tert-OH is 5. The minimum absolute atomic E-state index is 0.0352. The topological polar surface area (TPSA) is 175 Å². The first-order chi connectivity index (χ1) is 33.7. The Morgan fingerprint density at radius 3 is 1.49 bits per heavy atom. The molecule has 1 saturated heterocycles. The molecule has 7 atom stereocenters. The summed E-state index contributed by atoms with van der Waals surface area (Å²) in [6, 6.07) is -0.822. The van der Waals surface area contributed by atoms with Crippen LogP contribution in [-0.2, 0) is 23.8 Å². The lowest BCUT2D eigenvalue weighted by atomic mass is 9.99. The molecule has 0 spiro atoms. The van der Waals surface area contributed by atoms with Gasteiger partial charge < -0.3 is 45.1 Å². The maximum Gasteiger partial charge on any atom is 0.305 e. The van der Waals surface area contributed by atoms with Crippen LogP contribution in [0.5, 0.6) is 0 Å². The highest BCUT2D eigenvalue weighted by molar-refractivity contribution is 5.76. The third-order valence-electron chi connectivity index (χ3n) is 13.2. The summed E-state index contributed by atoms with van der Waals surface area (Å²) in [7, 11) is 0. The van der Waals surface area contributed by atoms with Gasteiger partial charge in [-0.25, -0.2) is 0 Å². The third-order valence-corrected chi connectivity index (χ3v) is 13.2. The third kappa shape index (κ3) is 38.0. The molecule has 0 aliphatic carbocycles. The molecule has 0 aromatic rings. The van der Waals surface area contributed by atoms with Crippen molar-refractivity contribution in [2.24, 2.45) is 0 Å². The van der Waals surface area contributed by atoms with Crippen LogP contribution in [0.25, 0.3) is 0 Å². The number of carbonyl (C=O) groups is 2. The molecule has 1 fully saturated rings. The summed E-state index contributed by atoms with van der Waals surface area (Å²) >= 11 is 0. The molecule has 1 aliphatic rings. The molecular formula is C58H105NO10. The lowest BCUT2D eigenvalue weighted by Crippen LogP contribution is -2.60. The zero-order valence-corrected chi connectivity index (χ0v) is 44.0. The minimum Gasteiger partial charge on any atom is -0.466 e. The van der Waals surface area contributed by atoms with Gasteiger partial charge in [-0.2, -0.15) is 0 Å². The van der Waals surface area contributed by atoms with Crippen LogP contribution in [0, 0.1) is 0 Å². The van der Waals surface area contributed by atoms with Crippen LogP contribution in [0.4, 0.5) is 0 Å². The standard InChI is InChI=1S/C58H105NO10/c1-3-5-7-9-11-13-14-15-16-20-23-26-30-34-38-42-46-54(63)67-47-43-39-35-31-27-24-21-18-17-19-22-25-29-33-37-41-45-53(62)59-50(51(61)44-40-36-32-28-12-10-8-6-4-2)49-68-58-57(66)56(65)55(64)52(48-60)69-58/h13-14,16-17,19-20,40,44,50-52,55-58,60-61,64-66H,3-12,15,18,21-39,41-43,45-49H2,1-2H3,(H,59,62)/b14-13-,19-17-,20-16-,44-40+. The number of esters is 1. The average Bonchev–Trinajstić information content (AvgIpc) is 3.34. The van der Waals surface area contributed by atoms with Gasteiger partial charge in [0.05, 0.1) is 32.0 Å². The average molecular weight is 976 g/mol. The van der Waals surface area contributed by atoms with Gasteiger partial charge in [-0.15, -0.1) is 0 Å². The van der Waals surface area contributed by atoms with E-state index in [2.05, 4.69) is 55.6 Å². The molecular weight excluding hydrogens is 871 g/mol. The Labute approximate surface area is 421 Å². The maximum atomic E-state index is 13.0. The molecule has 1 rings (SSSR count). The largest absolute Gasteiger partial charge is 0.466 e. The fourth-order valence-corrected chi connectivity index (χ4v) is 8.57. The van der Waals surface area contributed by atoms with Crippen molar-refractivity contribution in [3.05, 3.63) is 48.6 Å². The normalized spacial score (nSPS) is 19.7. The molecule has 1 heterocycles. The second-order valence-electron chi connectivity index (χ2n) is 19.6. The lowest BCUT2D eigenvalue weighted by Gasteiger charge is -2.40. The van der Waals surface area contributed by atoms with Crippen molar-refractivity contribution in [3.63, 3.8) is 0 Å². The molecule has 0 radical (unpaired) electrons. The zero-order valence-electron chi connectivity index (χ0n) is 44.0. The monoisotopic (exact) mass is 976 g/mol. The molecule has 0 bridgehead atoms. The first-order valence-electron chi connectivity index (χ1n) is 28.4. The van der Waals surface area contributed by atoms with Crippen molar-refractivity contribution >= 4 is 11.9 Å². The van der Waals surface area contributed by atoms with Crippen LogP contribution < -0.4 is 5.32 Å². The molecule has 69 heavy (non-hydrogen) atoms. The van der Waals surface area contributed by atoms with Crippen molar-refractivity contribution in [1.29, 1.82) is 0 Å². The Bertz CT molecular complexity index is 1290. The van der Waals surface area contributed by atoms with Gasteiger partial charge in [0.2, 0.25) is 5.91 Å². The van der Waals surface area contributed by atoms with E-state index in [1.165, 1.54) is 116 Å². The number of unbranched alkanes of at least 4 members (excludes halogenated alkanes) is 28. The zero-order chi connectivity index (χ0) is 50.3. The number of hydrogen-bond acceptors (Lipinski definition) is 10. The van der Waals surface area contributed by atoms with Gasteiger partial charge in [0.25, 0.3) is 0 Å². The van der Waals surface area contributed by atoms with Gasteiger partial charge in [0, 0.05) is 12.8 Å². The van der Waals surface area contributed by atoms with E-state index in [-0.39, 0.29) is 18.5 Å². The van der Waals surface area contributed by atoms with Crippen molar-refractivity contribution in [1.82, 2.24) is 5.32 Å². The minimum atomic E-state index is -1.58. The van der Waals surface area contributed by atoms with E-state index < -0.39 is 49.5 Å². The molecule has 11 nitrogen and oxygen atoms in total. The number of nitrogens with one attached hydrogen (secondary N) is 1. The van der Waals surface area contributed by atoms with Crippen molar-refractivity contribution in [2.45, 2.75) is 288 Å². The Balaban J connectivity index is 2.07. The highest BCUT2D eigenvalue weighted by Crippen LogP contribution is 2.23. The molecule has 402 valence electrons. The Hall–Kier alpha value is -2.38. The highest BCUT2D eigenvalue weighted by Gasteiger charge is 2.44. The summed E-state index contributed by atoms with van der Waals surface area (Å²) in [5, 5.41) is 54.1. The van der Waals surface area contributed by atoms with E-state index in [1.54, 1.807) is 6.08 Å². The quantitative estimate of drug-likeness (QED) is 0.0196. The fourth-order valence-electron chi connectivity index (χ4n) is 8.57. The Morgan fingerprint density at radius 1 is 0.536 bits per heavy atom. The van der Waals surface area contributed by atoms with Crippen LogP contribution in [0.3, 0.4) is 0 Å². The van der Waals surface area contributed by atoms with Crippen LogP contribution in [-0.4, -0.2) is 100 Å². The number of rotatable bonds is 48. The van der Waals surface area contributed by atoms with Gasteiger partial charge in [0.1, 0.15) is 24.4 Å². The summed E-state index contributed by atoms with van der Waals surface area (Å²) in [5.74, 6) is -0.238. The fraction of sp³-hybridized carbons (Fsp3) is 0.828. The number of allylic oxidation sites excluding steroid dienone is 7.